The fourth-order valence-corrected chi connectivity index (χ4v) is 5.20. The highest BCUT2D eigenvalue weighted by Crippen LogP contribution is 2.43. The number of ether oxygens (including phenoxy) is 6. The zero-order chi connectivity index (χ0) is 31.2. The fraction of sp³-hybridized carbons (Fsp3) is 0.536. The molecule has 2 aromatic rings. The summed E-state index contributed by atoms with van der Waals surface area (Å²) in [6, 6.07) is 6.93. The summed E-state index contributed by atoms with van der Waals surface area (Å²) >= 11 is 0. The van der Waals surface area contributed by atoms with Crippen LogP contribution in [0.5, 0.6) is 28.7 Å². The minimum absolute atomic E-state index is 0.0325. The van der Waals surface area contributed by atoms with Gasteiger partial charge >= 0.3 is 0 Å². The van der Waals surface area contributed by atoms with Gasteiger partial charge in [0.15, 0.2) is 23.6 Å². The molecule has 5 rings (SSSR count). The van der Waals surface area contributed by atoms with E-state index < -0.39 is 85.7 Å². The average molecular weight is 611 g/mol. The number of aliphatic hydroxyl groups is 6. The molecule has 0 aliphatic carbocycles. The van der Waals surface area contributed by atoms with E-state index in [4.69, 9.17) is 28.4 Å². The first-order chi connectivity index (χ1) is 20.3. The lowest BCUT2D eigenvalue weighted by Gasteiger charge is -2.44. The topological polar surface area (TPSA) is 234 Å². The van der Waals surface area contributed by atoms with Crippen LogP contribution in [0.1, 0.15) is 35.4 Å². The predicted octanol–water partition coefficient (Wildman–Crippen LogP) is -1.16. The van der Waals surface area contributed by atoms with Crippen molar-refractivity contribution in [2.45, 2.75) is 74.3 Å². The molecule has 15 heteroatoms. The number of carbonyl (C=O) groups is 1. The normalized spacial score (nSPS) is 36.0. The van der Waals surface area contributed by atoms with E-state index in [9.17, 15) is 45.6 Å². The van der Waals surface area contributed by atoms with Gasteiger partial charge in [-0.3, -0.25) is 4.79 Å². The van der Waals surface area contributed by atoms with Gasteiger partial charge in [-0.1, -0.05) is 6.07 Å². The van der Waals surface area contributed by atoms with E-state index in [2.05, 4.69) is 0 Å². The summed E-state index contributed by atoms with van der Waals surface area (Å²) in [4.78, 5) is 12.9. The monoisotopic (exact) mass is 610 g/mol. The lowest BCUT2D eigenvalue weighted by molar-refractivity contribution is -0.325. The Morgan fingerprint density at radius 1 is 0.953 bits per heavy atom. The van der Waals surface area contributed by atoms with Gasteiger partial charge in [0, 0.05) is 12.1 Å². The Hall–Kier alpha value is -3.25. The summed E-state index contributed by atoms with van der Waals surface area (Å²) in [5, 5.41) is 82.9. The Kier molecular flexibility index (Phi) is 8.72. The molecule has 2 saturated heterocycles. The van der Waals surface area contributed by atoms with Crippen LogP contribution in [0.15, 0.2) is 30.3 Å². The van der Waals surface area contributed by atoms with E-state index in [1.54, 1.807) is 6.07 Å². The lowest BCUT2D eigenvalue weighted by Crippen LogP contribution is -2.65. The summed E-state index contributed by atoms with van der Waals surface area (Å²) in [7, 11) is 1.40. The molecule has 0 bridgehead atoms. The van der Waals surface area contributed by atoms with Crippen LogP contribution in [0, 0.1) is 0 Å². The van der Waals surface area contributed by atoms with Crippen LogP contribution < -0.4 is 14.2 Å². The third-order valence-electron chi connectivity index (χ3n) is 7.76. The number of methoxy groups -OCH3 is 1. The highest BCUT2D eigenvalue weighted by Gasteiger charge is 2.51. The maximum atomic E-state index is 12.9. The van der Waals surface area contributed by atoms with Crippen LogP contribution in [-0.2, 0) is 14.2 Å². The third-order valence-corrected chi connectivity index (χ3v) is 7.76. The molecule has 236 valence electrons. The van der Waals surface area contributed by atoms with Gasteiger partial charge in [-0.15, -0.1) is 0 Å². The number of benzene rings is 2. The zero-order valence-electron chi connectivity index (χ0n) is 23.1. The maximum Gasteiger partial charge on any atom is 0.228 e. The molecule has 15 nitrogen and oxygen atoms in total. The third kappa shape index (κ3) is 5.95. The predicted molar refractivity (Wildman–Crippen MR) is 141 cm³/mol. The summed E-state index contributed by atoms with van der Waals surface area (Å²) in [6.07, 6.45) is -13.2. The molecule has 0 amide bonds. The highest BCUT2D eigenvalue weighted by molar-refractivity contribution is 6.02. The highest BCUT2D eigenvalue weighted by atomic mass is 16.7. The number of Topliss-reactive ketones (excluding diaryl/α,β-unsaturated/α-hetero) is 1. The van der Waals surface area contributed by atoms with Gasteiger partial charge in [-0.05, 0) is 24.6 Å². The number of aliphatic hydroxyl groups excluding tert-OH is 5. The molecule has 2 fully saturated rings. The van der Waals surface area contributed by atoms with E-state index in [1.165, 1.54) is 32.2 Å². The lowest BCUT2D eigenvalue weighted by atomic mass is 9.91. The first kappa shape index (κ1) is 31.2. The summed E-state index contributed by atoms with van der Waals surface area (Å²) in [5.74, 6) is -0.933. The van der Waals surface area contributed by atoms with E-state index in [1.807, 2.05) is 0 Å². The van der Waals surface area contributed by atoms with Crippen LogP contribution in [0.4, 0.5) is 0 Å². The van der Waals surface area contributed by atoms with Crippen molar-refractivity contribution in [2.75, 3.05) is 20.3 Å². The molecule has 8 N–H and O–H groups in total. The second-order valence-corrected chi connectivity index (χ2v) is 10.8. The molecule has 0 aromatic heterocycles. The van der Waals surface area contributed by atoms with Crippen LogP contribution in [0.25, 0.3) is 0 Å². The minimum atomic E-state index is -2.20. The quantitative estimate of drug-likeness (QED) is 0.185. The van der Waals surface area contributed by atoms with Gasteiger partial charge in [-0.25, -0.2) is 0 Å². The Morgan fingerprint density at radius 2 is 1.70 bits per heavy atom. The molecular weight excluding hydrogens is 576 g/mol. The van der Waals surface area contributed by atoms with Crippen molar-refractivity contribution in [3.63, 3.8) is 0 Å². The molecule has 10 atom stereocenters. The summed E-state index contributed by atoms with van der Waals surface area (Å²) in [5.41, 5.74) is -1.81. The Morgan fingerprint density at radius 3 is 2.40 bits per heavy atom. The molecule has 2 aromatic carbocycles. The largest absolute Gasteiger partial charge is 0.507 e. The van der Waals surface area contributed by atoms with Gasteiger partial charge in [0.05, 0.1) is 32.8 Å². The van der Waals surface area contributed by atoms with Gasteiger partial charge in [0.2, 0.25) is 6.29 Å². The van der Waals surface area contributed by atoms with Crippen molar-refractivity contribution in [3.05, 3.63) is 41.5 Å². The van der Waals surface area contributed by atoms with Gasteiger partial charge in [0.25, 0.3) is 0 Å². The van der Waals surface area contributed by atoms with Crippen LogP contribution in [-0.4, -0.2) is 122 Å². The van der Waals surface area contributed by atoms with Gasteiger partial charge in [-0.2, -0.15) is 0 Å². The number of phenols is 2. The first-order valence-corrected chi connectivity index (χ1v) is 13.4. The molecule has 3 heterocycles. The molecule has 0 saturated carbocycles. The molecule has 6 unspecified atom stereocenters. The zero-order valence-corrected chi connectivity index (χ0v) is 23.1. The summed E-state index contributed by atoms with van der Waals surface area (Å²) in [6.45, 7) is 0.125. The van der Waals surface area contributed by atoms with Crippen molar-refractivity contribution in [3.8, 4) is 28.7 Å². The smallest absolute Gasteiger partial charge is 0.228 e. The molecule has 43 heavy (non-hydrogen) atoms. The Bertz CT molecular complexity index is 1340. The standard InChI is InChI=1S/C28H34O15/c1-11-21(32)22(33)23(34)26(41-11)39-9-28(37)10-40-27(24(35)25(28)36)42-13-6-15(30)20-16(31)8-18(43-19(20)7-13)12-3-4-17(38-2)14(29)5-12/h3-7,11,18,21-27,29-30,32-37H,8-10H2,1-2H3/t11?,18?,21-,22?,23?,24?,25?,26+,27-,28+/m0/s1. The van der Waals surface area contributed by atoms with E-state index >= 15 is 0 Å². The van der Waals surface area contributed by atoms with Crippen molar-refractivity contribution >= 4 is 5.78 Å². The number of fused-ring (bicyclic) bond motifs is 1. The fourth-order valence-electron chi connectivity index (χ4n) is 5.20. The van der Waals surface area contributed by atoms with Crippen LogP contribution in [0.2, 0.25) is 0 Å². The van der Waals surface area contributed by atoms with Gasteiger partial charge < -0.3 is 69.3 Å². The molecule has 3 aliphatic heterocycles. The Labute approximate surface area is 245 Å². The van der Waals surface area contributed by atoms with Crippen molar-refractivity contribution < 1.29 is 74.1 Å². The second kappa shape index (κ2) is 12.0. The molecular formula is C28H34O15. The molecule has 0 radical (unpaired) electrons. The molecule has 3 aliphatic rings. The summed E-state index contributed by atoms with van der Waals surface area (Å²) < 4.78 is 32.8. The Balaban J connectivity index is 1.26. The minimum Gasteiger partial charge on any atom is -0.507 e. The van der Waals surface area contributed by atoms with Crippen LogP contribution >= 0.6 is 0 Å². The van der Waals surface area contributed by atoms with Crippen molar-refractivity contribution in [1.82, 2.24) is 0 Å². The van der Waals surface area contributed by atoms with Crippen molar-refractivity contribution in [1.29, 1.82) is 0 Å². The number of phenolic OH excluding ortho intramolecular Hbond substituents is 2. The second-order valence-electron chi connectivity index (χ2n) is 10.8. The van der Waals surface area contributed by atoms with Crippen LogP contribution in [0.3, 0.4) is 0 Å². The number of hydrogen-bond donors (Lipinski definition) is 8. The number of ketones is 1. The van der Waals surface area contributed by atoms with E-state index in [0.717, 1.165) is 6.07 Å². The number of hydrogen-bond acceptors (Lipinski definition) is 15. The maximum absolute atomic E-state index is 12.9. The first-order valence-electron chi connectivity index (χ1n) is 13.4. The van der Waals surface area contributed by atoms with E-state index in [-0.39, 0.29) is 35.0 Å². The van der Waals surface area contributed by atoms with E-state index in [0.29, 0.717) is 5.56 Å². The van der Waals surface area contributed by atoms with Crippen molar-refractivity contribution in [2.24, 2.45) is 0 Å². The SMILES string of the molecule is COc1ccc(C2CC(=O)c3c(O)cc(O[C@@H]4OC[C@](O)(CO[C@@H]5OC(C)[C@H](O)C(O)C5O)C(O)C4O)cc3O2)cc1O. The number of aromatic hydroxyl groups is 2. The number of rotatable bonds is 7. The molecule has 0 spiro atoms. The average Bonchev–Trinajstić information content (AvgIpc) is 2.97. The number of carbonyl (C=O) groups excluding carboxylic acids is 1. The van der Waals surface area contributed by atoms with Gasteiger partial charge in [0.1, 0.15) is 65.0 Å².